The van der Waals surface area contributed by atoms with Crippen molar-refractivity contribution in [1.29, 1.82) is 5.26 Å². The van der Waals surface area contributed by atoms with Gasteiger partial charge in [0.2, 0.25) is 21.1 Å². The maximum Gasteiger partial charge on any atom is 0.348 e. The summed E-state index contributed by atoms with van der Waals surface area (Å²) >= 11 is 1.82. The van der Waals surface area contributed by atoms with E-state index in [1.807, 2.05) is 0 Å². The maximum atomic E-state index is 12.6. The van der Waals surface area contributed by atoms with Crippen molar-refractivity contribution in [3.05, 3.63) is 56.6 Å². The standard InChI is InChI=1S/C25H26N8O7S3/c1-2-3-5-8-20(34)31(15-13-26)43(39,40)16-7-4-6-14-27-22(35)18-9-11-19(12-10-18)32-23(36)29-30-24(32)42-25-28-17-21(41-25)33(37)38/h1,9-12,17H,3-8,14-16H2,(H,27,35)(H,29,36). The summed E-state index contributed by atoms with van der Waals surface area (Å²) in [5.41, 5.74) is 0.185. The number of sulfonamides is 1. The molecule has 0 saturated carbocycles. The van der Waals surface area contributed by atoms with Crippen molar-refractivity contribution in [2.75, 3.05) is 18.8 Å². The van der Waals surface area contributed by atoms with Crippen molar-refractivity contribution >= 4 is 49.9 Å². The highest BCUT2D eigenvalue weighted by Gasteiger charge is 2.26. The lowest BCUT2D eigenvalue weighted by Gasteiger charge is -2.19. The van der Waals surface area contributed by atoms with Gasteiger partial charge < -0.3 is 5.32 Å². The molecule has 0 fully saturated rings. The summed E-state index contributed by atoms with van der Waals surface area (Å²) in [5, 5.41) is 28.9. The lowest BCUT2D eigenvalue weighted by molar-refractivity contribution is -0.380. The Kier molecular flexibility index (Phi) is 12.0. The SMILES string of the molecule is C#CCCCC(=O)N(CC#N)S(=O)(=O)CCCCCNC(=O)c1ccc(-n2c(Sc3ncc([N+](=O)[O-])s3)n[nH]c2=O)cc1. The van der Waals surface area contributed by atoms with Gasteiger partial charge in [-0.3, -0.25) is 19.7 Å². The molecule has 0 radical (unpaired) electrons. The number of terminal acetylenes is 1. The number of rotatable bonds is 16. The third-order valence-electron chi connectivity index (χ3n) is 5.76. The minimum atomic E-state index is -3.96. The van der Waals surface area contributed by atoms with Crippen molar-refractivity contribution in [2.24, 2.45) is 0 Å². The topological polar surface area (TPSA) is 214 Å². The number of carbonyl (C=O) groups is 2. The molecule has 2 amide bonds. The van der Waals surface area contributed by atoms with Crippen LogP contribution in [0.3, 0.4) is 0 Å². The fraction of sp³-hybridized carbons (Fsp3) is 0.360. The first-order valence-corrected chi connectivity index (χ1v) is 16.0. The van der Waals surface area contributed by atoms with Crippen molar-refractivity contribution in [1.82, 2.24) is 29.4 Å². The molecule has 2 heterocycles. The molecule has 0 aliphatic rings. The molecule has 2 aromatic heterocycles. The molecule has 0 atom stereocenters. The molecule has 0 aliphatic carbocycles. The number of carbonyl (C=O) groups excluding carboxylic acids is 2. The Balaban J connectivity index is 1.49. The second kappa shape index (κ2) is 15.6. The van der Waals surface area contributed by atoms with Crippen molar-refractivity contribution in [2.45, 2.75) is 48.0 Å². The molecule has 2 N–H and O–H groups in total. The first-order chi connectivity index (χ1) is 20.6. The monoisotopic (exact) mass is 646 g/mol. The van der Waals surface area contributed by atoms with E-state index in [9.17, 15) is 32.9 Å². The number of nitriles is 1. The summed E-state index contributed by atoms with van der Waals surface area (Å²) in [6.07, 6.45) is 8.05. The summed E-state index contributed by atoms with van der Waals surface area (Å²) < 4.78 is 27.3. The Morgan fingerprint density at radius 1 is 1.23 bits per heavy atom. The second-order valence-electron chi connectivity index (χ2n) is 8.77. The second-order valence-corrected chi connectivity index (χ2v) is 13.0. The van der Waals surface area contributed by atoms with Gasteiger partial charge in [0.1, 0.15) is 12.7 Å². The van der Waals surface area contributed by atoms with E-state index in [0.717, 1.165) is 29.3 Å². The summed E-state index contributed by atoms with van der Waals surface area (Å²) in [6, 6.07) is 7.84. The molecule has 3 rings (SSSR count). The number of nitrogens with one attached hydrogen (secondary N) is 2. The van der Waals surface area contributed by atoms with Crippen LogP contribution in [-0.2, 0) is 14.8 Å². The largest absolute Gasteiger partial charge is 0.352 e. The Labute approximate surface area is 254 Å². The Morgan fingerprint density at radius 2 is 1.98 bits per heavy atom. The number of benzene rings is 1. The fourth-order valence-electron chi connectivity index (χ4n) is 3.67. The number of thiazole rings is 1. The average molecular weight is 647 g/mol. The van der Waals surface area contributed by atoms with Crippen LogP contribution in [0.25, 0.3) is 5.69 Å². The van der Waals surface area contributed by atoms with Crippen molar-refractivity contribution in [3.8, 4) is 24.1 Å². The first kappa shape index (κ1) is 33.0. The quantitative estimate of drug-likeness (QED) is 0.0758. The van der Waals surface area contributed by atoms with Crippen LogP contribution in [0.5, 0.6) is 0 Å². The summed E-state index contributed by atoms with van der Waals surface area (Å²) in [6.45, 7) is -0.284. The minimum absolute atomic E-state index is 0.0591. The number of amides is 2. The van der Waals surface area contributed by atoms with Crippen LogP contribution in [0.2, 0.25) is 0 Å². The van der Waals surface area contributed by atoms with Crippen molar-refractivity contribution in [3.63, 3.8) is 0 Å². The molecular weight excluding hydrogens is 621 g/mol. The number of nitro groups is 1. The highest BCUT2D eigenvalue weighted by molar-refractivity contribution is 8.01. The van der Waals surface area contributed by atoms with Gasteiger partial charge in [-0.2, -0.15) is 5.26 Å². The van der Waals surface area contributed by atoms with E-state index in [-0.39, 0.29) is 41.2 Å². The van der Waals surface area contributed by atoms with Crippen LogP contribution in [-0.4, -0.2) is 68.1 Å². The normalized spacial score (nSPS) is 10.9. The smallest absolute Gasteiger partial charge is 0.348 e. The van der Waals surface area contributed by atoms with E-state index >= 15 is 0 Å². The molecule has 0 spiro atoms. The third kappa shape index (κ3) is 9.23. The molecule has 1 aromatic carbocycles. The van der Waals surface area contributed by atoms with Gasteiger partial charge in [-0.15, -0.1) is 17.4 Å². The molecule has 15 nitrogen and oxygen atoms in total. The summed E-state index contributed by atoms with van der Waals surface area (Å²) in [7, 11) is -3.96. The van der Waals surface area contributed by atoms with Crippen LogP contribution < -0.4 is 11.0 Å². The Bertz CT molecular complexity index is 1700. The molecular formula is C25H26N8O7S3. The summed E-state index contributed by atoms with van der Waals surface area (Å²) in [5.74, 6) is 1.04. The Hall–Kier alpha value is -4.52. The molecule has 0 unspecified atom stereocenters. The number of unbranched alkanes of at least 4 members (excludes halogenated alkanes) is 3. The van der Waals surface area contributed by atoms with E-state index in [0.29, 0.717) is 45.6 Å². The van der Waals surface area contributed by atoms with Gasteiger partial charge in [-0.25, -0.2) is 32.2 Å². The lowest BCUT2D eigenvalue weighted by Crippen LogP contribution is -2.38. The number of aromatic nitrogens is 4. The van der Waals surface area contributed by atoms with Gasteiger partial charge >= 0.3 is 10.7 Å². The molecule has 0 aliphatic heterocycles. The first-order valence-electron chi connectivity index (χ1n) is 12.7. The minimum Gasteiger partial charge on any atom is -0.352 e. The predicted molar refractivity (Wildman–Crippen MR) is 157 cm³/mol. The lowest BCUT2D eigenvalue weighted by atomic mass is 10.2. The molecule has 18 heteroatoms. The van der Waals surface area contributed by atoms with Gasteiger partial charge in [-0.05, 0) is 66.6 Å². The van der Waals surface area contributed by atoms with Crippen LogP contribution in [0.15, 0.2) is 44.8 Å². The number of H-pyrrole nitrogens is 1. The van der Waals surface area contributed by atoms with Gasteiger partial charge in [0, 0.05) is 24.9 Å². The van der Waals surface area contributed by atoms with Gasteiger partial charge in [0.15, 0.2) is 4.34 Å². The predicted octanol–water partition coefficient (Wildman–Crippen LogP) is 2.46. The van der Waals surface area contributed by atoms with Gasteiger partial charge in [-0.1, -0.05) is 6.42 Å². The third-order valence-corrected chi connectivity index (χ3v) is 9.55. The average Bonchev–Trinajstić information content (AvgIpc) is 3.60. The maximum absolute atomic E-state index is 12.6. The van der Waals surface area contributed by atoms with Crippen LogP contribution in [0, 0.1) is 33.8 Å². The number of hydrogen-bond donors (Lipinski definition) is 2. The number of nitrogens with zero attached hydrogens (tertiary/aromatic N) is 6. The Morgan fingerprint density at radius 3 is 2.63 bits per heavy atom. The van der Waals surface area contributed by atoms with Gasteiger partial charge in [0.05, 0.1) is 22.4 Å². The highest BCUT2D eigenvalue weighted by atomic mass is 32.2. The van der Waals surface area contributed by atoms with Crippen molar-refractivity contribution < 1.29 is 22.9 Å². The molecule has 43 heavy (non-hydrogen) atoms. The molecule has 226 valence electrons. The van der Waals surface area contributed by atoms with E-state index in [2.05, 4.69) is 26.4 Å². The molecule has 3 aromatic rings. The van der Waals surface area contributed by atoms with Gasteiger partial charge in [0.25, 0.3) is 5.91 Å². The zero-order chi connectivity index (χ0) is 31.4. The van der Waals surface area contributed by atoms with E-state index in [1.165, 1.54) is 16.7 Å². The van der Waals surface area contributed by atoms with E-state index < -0.39 is 33.1 Å². The number of aromatic amines is 1. The zero-order valence-corrected chi connectivity index (χ0v) is 25.0. The van der Waals surface area contributed by atoms with E-state index in [1.54, 1.807) is 18.2 Å². The summed E-state index contributed by atoms with van der Waals surface area (Å²) in [4.78, 5) is 51.5. The molecule has 0 bridgehead atoms. The van der Waals surface area contributed by atoms with Crippen LogP contribution in [0.1, 0.15) is 48.9 Å². The number of hydrogen-bond acceptors (Lipinski definition) is 12. The fourth-order valence-corrected chi connectivity index (χ4v) is 6.86. The van der Waals surface area contributed by atoms with Crippen LogP contribution in [0.4, 0.5) is 5.00 Å². The highest BCUT2D eigenvalue weighted by Crippen LogP contribution is 2.33. The zero-order valence-electron chi connectivity index (χ0n) is 22.6. The van der Waals surface area contributed by atoms with Crippen LogP contribution >= 0.6 is 23.1 Å². The molecule has 0 saturated heterocycles. The van der Waals surface area contributed by atoms with E-state index in [4.69, 9.17) is 11.7 Å².